The number of anilines is 1. The molecule has 0 aliphatic heterocycles. The Morgan fingerprint density at radius 3 is 2.70 bits per heavy atom. The molecule has 0 aliphatic rings. The summed E-state index contributed by atoms with van der Waals surface area (Å²) in [4.78, 5) is 28.6. The van der Waals surface area contributed by atoms with Gasteiger partial charge in [-0.3, -0.25) is 4.79 Å². The van der Waals surface area contributed by atoms with E-state index in [0.717, 1.165) is 22.2 Å². The molecule has 0 saturated heterocycles. The first-order chi connectivity index (χ1) is 14.5. The SMILES string of the molecule is CCc1nc(NCc2cccc(F)c2)nc(-c2c(C)[nH]c3c(C(N)=O)cccc23)n1. The molecular formula is C22H21FN6O. The number of hydrogen-bond donors (Lipinski definition) is 3. The fourth-order valence-corrected chi connectivity index (χ4v) is 3.44. The molecule has 0 bridgehead atoms. The number of nitrogens with zero attached hydrogens (tertiary/aromatic N) is 3. The van der Waals surface area contributed by atoms with Crippen LogP contribution in [0.15, 0.2) is 42.5 Å². The third-order valence-corrected chi connectivity index (χ3v) is 4.85. The maximum atomic E-state index is 13.4. The number of benzene rings is 2. The van der Waals surface area contributed by atoms with Crippen LogP contribution in [0.2, 0.25) is 0 Å². The number of aromatic amines is 1. The molecule has 0 fully saturated rings. The zero-order valence-electron chi connectivity index (χ0n) is 16.7. The van der Waals surface area contributed by atoms with Gasteiger partial charge < -0.3 is 16.0 Å². The van der Waals surface area contributed by atoms with Gasteiger partial charge in [-0.1, -0.05) is 31.2 Å². The van der Waals surface area contributed by atoms with E-state index in [-0.39, 0.29) is 5.82 Å². The summed E-state index contributed by atoms with van der Waals surface area (Å²) in [5, 5.41) is 3.96. The van der Waals surface area contributed by atoms with Crippen LogP contribution in [0.4, 0.5) is 10.3 Å². The topological polar surface area (TPSA) is 110 Å². The Kier molecular flexibility index (Phi) is 5.14. The number of aryl methyl sites for hydroxylation is 2. The van der Waals surface area contributed by atoms with E-state index in [2.05, 4.69) is 25.3 Å². The molecule has 2 aromatic heterocycles. The molecular weight excluding hydrogens is 383 g/mol. The minimum atomic E-state index is -0.504. The summed E-state index contributed by atoms with van der Waals surface area (Å²) in [7, 11) is 0. The van der Waals surface area contributed by atoms with Crippen molar-refractivity contribution in [2.24, 2.45) is 5.73 Å². The first-order valence-corrected chi connectivity index (χ1v) is 9.61. The largest absolute Gasteiger partial charge is 0.366 e. The Labute approximate surface area is 172 Å². The molecule has 0 saturated carbocycles. The van der Waals surface area contributed by atoms with Crippen molar-refractivity contribution in [2.75, 3.05) is 5.32 Å². The normalized spacial score (nSPS) is 11.0. The third-order valence-electron chi connectivity index (χ3n) is 4.85. The number of amides is 1. The first kappa shape index (κ1) is 19.5. The van der Waals surface area contributed by atoms with Crippen LogP contribution in [0.1, 0.15) is 34.4 Å². The van der Waals surface area contributed by atoms with Crippen LogP contribution in [0.5, 0.6) is 0 Å². The van der Waals surface area contributed by atoms with E-state index in [1.165, 1.54) is 12.1 Å². The summed E-state index contributed by atoms with van der Waals surface area (Å²) >= 11 is 0. The summed E-state index contributed by atoms with van der Waals surface area (Å²) in [5.74, 6) is 0.728. The van der Waals surface area contributed by atoms with Crippen molar-refractivity contribution >= 4 is 22.8 Å². The van der Waals surface area contributed by atoms with Gasteiger partial charge in [0.05, 0.1) is 11.1 Å². The van der Waals surface area contributed by atoms with Crippen LogP contribution < -0.4 is 11.1 Å². The zero-order valence-corrected chi connectivity index (χ0v) is 16.7. The lowest BCUT2D eigenvalue weighted by molar-refractivity contribution is 0.100. The first-order valence-electron chi connectivity index (χ1n) is 9.61. The van der Waals surface area contributed by atoms with Crippen LogP contribution in [0, 0.1) is 12.7 Å². The predicted octanol–water partition coefficient (Wildman–Crippen LogP) is 3.74. The van der Waals surface area contributed by atoms with Gasteiger partial charge in [0.2, 0.25) is 5.95 Å². The summed E-state index contributed by atoms with van der Waals surface area (Å²) in [6.45, 7) is 4.24. The molecule has 30 heavy (non-hydrogen) atoms. The number of nitrogens with one attached hydrogen (secondary N) is 2. The molecule has 152 valence electrons. The lowest BCUT2D eigenvalue weighted by atomic mass is 10.1. The molecule has 1 amide bonds. The van der Waals surface area contributed by atoms with Crippen LogP contribution in [0.25, 0.3) is 22.3 Å². The van der Waals surface area contributed by atoms with Crippen LogP contribution in [0.3, 0.4) is 0 Å². The van der Waals surface area contributed by atoms with E-state index in [4.69, 9.17) is 5.73 Å². The highest BCUT2D eigenvalue weighted by atomic mass is 19.1. The monoisotopic (exact) mass is 404 g/mol. The molecule has 7 nitrogen and oxygen atoms in total. The van der Waals surface area contributed by atoms with Crippen molar-refractivity contribution in [3.05, 3.63) is 70.9 Å². The number of aromatic nitrogens is 4. The van der Waals surface area contributed by atoms with Crippen molar-refractivity contribution < 1.29 is 9.18 Å². The quantitative estimate of drug-likeness (QED) is 0.453. The standard InChI is InChI=1S/C22H21FN6O/c1-3-17-27-21(29-22(28-17)25-11-13-6-4-7-14(23)10-13)18-12(2)26-19-15(18)8-5-9-16(19)20(24)30/h4-10,26H,3,11H2,1-2H3,(H2,24,30)(H,25,27,28,29). The zero-order chi connectivity index (χ0) is 21.3. The number of halogens is 1. The second-order valence-corrected chi connectivity index (χ2v) is 6.95. The Morgan fingerprint density at radius 1 is 1.17 bits per heavy atom. The molecule has 4 rings (SSSR count). The van der Waals surface area contributed by atoms with Gasteiger partial charge in [-0.05, 0) is 30.7 Å². The summed E-state index contributed by atoms with van der Waals surface area (Å²) in [5.41, 5.74) is 8.98. The highest BCUT2D eigenvalue weighted by Gasteiger charge is 2.18. The number of carbonyl (C=O) groups is 1. The van der Waals surface area contributed by atoms with E-state index >= 15 is 0 Å². The highest BCUT2D eigenvalue weighted by Crippen LogP contribution is 2.32. The molecule has 0 aliphatic carbocycles. The van der Waals surface area contributed by atoms with Gasteiger partial charge in [0.1, 0.15) is 11.6 Å². The van der Waals surface area contributed by atoms with Gasteiger partial charge in [0, 0.05) is 29.6 Å². The minimum Gasteiger partial charge on any atom is -0.366 e. The lowest BCUT2D eigenvalue weighted by Crippen LogP contribution is -2.11. The molecule has 2 heterocycles. The van der Waals surface area contributed by atoms with Crippen molar-refractivity contribution in [1.82, 2.24) is 19.9 Å². The van der Waals surface area contributed by atoms with E-state index in [1.54, 1.807) is 18.2 Å². The molecule has 2 aromatic carbocycles. The van der Waals surface area contributed by atoms with Gasteiger partial charge in [0.25, 0.3) is 5.91 Å². The van der Waals surface area contributed by atoms with E-state index in [1.807, 2.05) is 26.0 Å². The van der Waals surface area contributed by atoms with Crippen LogP contribution in [-0.2, 0) is 13.0 Å². The average molecular weight is 404 g/mol. The lowest BCUT2D eigenvalue weighted by Gasteiger charge is -2.09. The highest BCUT2D eigenvalue weighted by molar-refractivity contribution is 6.09. The smallest absolute Gasteiger partial charge is 0.250 e. The maximum Gasteiger partial charge on any atom is 0.250 e. The van der Waals surface area contributed by atoms with Crippen molar-refractivity contribution in [2.45, 2.75) is 26.8 Å². The van der Waals surface area contributed by atoms with Gasteiger partial charge in [0.15, 0.2) is 5.82 Å². The second kappa shape index (κ2) is 7.90. The molecule has 0 radical (unpaired) electrons. The van der Waals surface area contributed by atoms with Crippen molar-refractivity contribution in [1.29, 1.82) is 0 Å². The van der Waals surface area contributed by atoms with Gasteiger partial charge in [-0.25, -0.2) is 9.37 Å². The number of hydrogen-bond acceptors (Lipinski definition) is 5. The van der Waals surface area contributed by atoms with Crippen LogP contribution >= 0.6 is 0 Å². The number of nitrogens with two attached hydrogens (primary N) is 1. The number of fused-ring (bicyclic) bond motifs is 1. The van der Waals surface area contributed by atoms with Crippen LogP contribution in [-0.4, -0.2) is 25.8 Å². The number of carbonyl (C=O) groups excluding carboxylic acids is 1. The predicted molar refractivity (Wildman–Crippen MR) is 113 cm³/mol. The third kappa shape index (κ3) is 3.71. The van der Waals surface area contributed by atoms with E-state index in [0.29, 0.717) is 41.6 Å². The van der Waals surface area contributed by atoms with Crippen molar-refractivity contribution in [3.63, 3.8) is 0 Å². The summed E-state index contributed by atoms with van der Waals surface area (Å²) < 4.78 is 13.4. The Balaban J connectivity index is 1.76. The molecule has 0 atom stereocenters. The Morgan fingerprint density at radius 2 is 1.97 bits per heavy atom. The molecule has 4 aromatic rings. The van der Waals surface area contributed by atoms with E-state index in [9.17, 15) is 9.18 Å². The fraction of sp³-hybridized carbons (Fsp3) is 0.182. The van der Waals surface area contributed by atoms with Crippen molar-refractivity contribution in [3.8, 4) is 11.4 Å². The fourth-order valence-electron chi connectivity index (χ4n) is 3.44. The molecule has 0 unspecified atom stereocenters. The van der Waals surface area contributed by atoms with Gasteiger partial charge >= 0.3 is 0 Å². The van der Waals surface area contributed by atoms with Gasteiger partial charge in [-0.2, -0.15) is 9.97 Å². The maximum absolute atomic E-state index is 13.4. The Bertz CT molecular complexity index is 1250. The second-order valence-electron chi connectivity index (χ2n) is 6.95. The molecule has 0 spiro atoms. The number of para-hydroxylation sites is 1. The summed E-state index contributed by atoms with van der Waals surface area (Å²) in [6.07, 6.45) is 0.623. The van der Waals surface area contributed by atoms with E-state index < -0.39 is 5.91 Å². The number of H-pyrrole nitrogens is 1. The molecule has 8 heteroatoms. The van der Waals surface area contributed by atoms with Gasteiger partial charge in [-0.15, -0.1) is 0 Å². The minimum absolute atomic E-state index is 0.292. The number of primary amides is 1. The Hall–Kier alpha value is -3.81. The molecule has 4 N–H and O–H groups in total. The number of rotatable bonds is 6. The summed E-state index contributed by atoms with van der Waals surface area (Å²) in [6, 6.07) is 11.7. The average Bonchev–Trinajstić information content (AvgIpc) is 3.07.